The molecule has 0 aliphatic heterocycles. The summed E-state index contributed by atoms with van der Waals surface area (Å²) in [4.78, 5) is 2.53. The van der Waals surface area contributed by atoms with Gasteiger partial charge in [-0.25, -0.2) is 0 Å². The SMILES string of the molecule is CCCN(CCCc1ccccc1)CCc1cccc(O)c1. The van der Waals surface area contributed by atoms with E-state index in [4.69, 9.17) is 0 Å². The Morgan fingerprint density at radius 1 is 0.818 bits per heavy atom. The molecule has 1 N–H and O–H groups in total. The van der Waals surface area contributed by atoms with Crippen molar-refractivity contribution in [1.82, 2.24) is 4.90 Å². The summed E-state index contributed by atoms with van der Waals surface area (Å²) in [7, 11) is 0. The number of hydrogen-bond donors (Lipinski definition) is 1. The molecule has 0 amide bonds. The smallest absolute Gasteiger partial charge is 0.115 e. The summed E-state index contributed by atoms with van der Waals surface area (Å²) in [5, 5.41) is 9.54. The Kier molecular flexibility index (Phi) is 6.98. The van der Waals surface area contributed by atoms with Crippen molar-refractivity contribution >= 4 is 0 Å². The molecule has 0 saturated heterocycles. The first kappa shape index (κ1) is 16.6. The van der Waals surface area contributed by atoms with Crippen molar-refractivity contribution < 1.29 is 5.11 Å². The lowest BCUT2D eigenvalue weighted by Gasteiger charge is -2.21. The zero-order chi connectivity index (χ0) is 15.6. The van der Waals surface area contributed by atoms with Crippen molar-refractivity contribution in [2.45, 2.75) is 32.6 Å². The molecule has 0 heterocycles. The molecular formula is C20H27NO. The monoisotopic (exact) mass is 297 g/mol. The van der Waals surface area contributed by atoms with Crippen LogP contribution in [0.3, 0.4) is 0 Å². The van der Waals surface area contributed by atoms with E-state index in [9.17, 15) is 5.11 Å². The van der Waals surface area contributed by atoms with Crippen LogP contribution in [-0.4, -0.2) is 29.6 Å². The van der Waals surface area contributed by atoms with Crippen LogP contribution >= 0.6 is 0 Å². The van der Waals surface area contributed by atoms with Gasteiger partial charge in [-0.1, -0.05) is 49.4 Å². The molecule has 2 aromatic carbocycles. The molecule has 0 spiro atoms. The lowest BCUT2D eigenvalue weighted by atomic mass is 10.1. The van der Waals surface area contributed by atoms with Gasteiger partial charge in [0.05, 0.1) is 0 Å². The molecule has 0 aliphatic carbocycles. The third-order valence-corrected chi connectivity index (χ3v) is 3.95. The van der Waals surface area contributed by atoms with Crippen LogP contribution in [0.15, 0.2) is 54.6 Å². The fourth-order valence-electron chi connectivity index (χ4n) is 2.80. The lowest BCUT2D eigenvalue weighted by molar-refractivity contribution is 0.274. The van der Waals surface area contributed by atoms with Gasteiger partial charge in [0.15, 0.2) is 0 Å². The Morgan fingerprint density at radius 3 is 2.32 bits per heavy atom. The Bertz CT molecular complexity index is 538. The molecule has 0 saturated carbocycles. The normalized spacial score (nSPS) is 11.0. The maximum atomic E-state index is 9.54. The molecule has 0 bridgehead atoms. The summed E-state index contributed by atoms with van der Waals surface area (Å²) in [6.07, 6.45) is 4.53. The zero-order valence-corrected chi connectivity index (χ0v) is 13.5. The predicted octanol–water partition coefficient (Wildman–Crippen LogP) is 4.28. The maximum Gasteiger partial charge on any atom is 0.115 e. The van der Waals surface area contributed by atoms with Crippen LogP contribution < -0.4 is 0 Å². The highest BCUT2D eigenvalue weighted by Gasteiger charge is 2.05. The Hall–Kier alpha value is -1.80. The van der Waals surface area contributed by atoms with Crippen molar-refractivity contribution in [3.05, 3.63) is 65.7 Å². The molecule has 22 heavy (non-hydrogen) atoms. The number of aromatic hydroxyl groups is 1. The van der Waals surface area contributed by atoms with Gasteiger partial charge < -0.3 is 10.0 Å². The first-order valence-corrected chi connectivity index (χ1v) is 8.32. The first-order chi connectivity index (χ1) is 10.8. The molecule has 2 rings (SSSR count). The molecule has 0 radical (unpaired) electrons. The number of benzene rings is 2. The van der Waals surface area contributed by atoms with E-state index in [-0.39, 0.29) is 0 Å². The highest BCUT2D eigenvalue weighted by Crippen LogP contribution is 2.12. The fourth-order valence-corrected chi connectivity index (χ4v) is 2.80. The van der Waals surface area contributed by atoms with Crippen LogP contribution in [0.2, 0.25) is 0 Å². The van der Waals surface area contributed by atoms with Gasteiger partial charge in [0.25, 0.3) is 0 Å². The molecule has 0 aromatic heterocycles. The fraction of sp³-hybridized carbons (Fsp3) is 0.400. The number of phenols is 1. The van der Waals surface area contributed by atoms with E-state index in [1.165, 1.54) is 24.0 Å². The van der Waals surface area contributed by atoms with Crippen LogP contribution in [0.5, 0.6) is 5.75 Å². The molecule has 0 atom stereocenters. The number of hydrogen-bond acceptors (Lipinski definition) is 2. The molecule has 2 aromatic rings. The summed E-state index contributed by atoms with van der Waals surface area (Å²) in [5.74, 6) is 0.364. The van der Waals surface area contributed by atoms with Crippen LogP contribution in [-0.2, 0) is 12.8 Å². The van der Waals surface area contributed by atoms with Gasteiger partial charge in [-0.15, -0.1) is 0 Å². The third kappa shape index (κ3) is 5.90. The number of nitrogens with zero attached hydrogens (tertiary/aromatic N) is 1. The van der Waals surface area contributed by atoms with E-state index < -0.39 is 0 Å². The van der Waals surface area contributed by atoms with E-state index in [0.717, 1.165) is 32.5 Å². The number of aryl methyl sites for hydroxylation is 1. The zero-order valence-electron chi connectivity index (χ0n) is 13.5. The Morgan fingerprint density at radius 2 is 1.59 bits per heavy atom. The van der Waals surface area contributed by atoms with Crippen molar-refractivity contribution in [3.8, 4) is 5.75 Å². The second kappa shape index (κ2) is 9.26. The van der Waals surface area contributed by atoms with E-state index in [0.29, 0.717) is 5.75 Å². The maximum absolute atomic E-state index is 9.54. The molecule has 2 nitrogen and oxygen atoms in total. The van der Waals surface area contributed by atoms with Crippen LogP contribution in [0.4, 0.5) is 0 Å². The minimum Gasteiger partial charge on any atom is -0.508 e. The van der Waals surface area contributed by atoms with Crippen molar-refractivity contribution in [1.29, 1.82) is 0 Å². The van der Waals surface area contributed by atoms with Gasteiger partial charge in [0.1, 0.15) is 5.75 Å². The molecule has 0 fully saturated rings. The first-order valence-electron chi connectivity index (χ1n) is 8.32. The van der Waals surface area contributed by atoms with Crippen molar-refractivity contribution in [3.63, 3.8) is 0 Å². The summed E-state index contributed by atoms with van der Waals surface area (Å²) in [6, 6.07) is 18.3. The van der Waals surface area contributed by atoms with Crippen LogP contribution in [0.25, 0.3) is 0 Å². The van der Waals surface area contributed by atoms with Crippen LogP contribution in [0.1, 0.15) is 30.9 Å². The largest absolute Gasteiger partial charge is 0.508 e. The standard InChI is InChI=1S/C20H27NO/c1-2-14-21(15-7-11-18-8-4-3-5-9-18)16-13-19-10-6-12-20(22)17-19/h3-6,8-10,12,17,22H,2,7,11,13-16H2,1H3. The molecular weight excluding hydrogens is 270 g/mol. The van der Waals surface area contributed by atoms with Gasteiger partial charge in [-0.2, -0.15) is 0 Å². The highest BCUT2D eigenvalue weighted by molar-refractivity contribution is 5.27. The van der Waals surface area contributed by atoms with E-state index in [1.807, 2.05) is 12.1 Å². The average molecular weight is 297 g/mol. The van der Waals surface area contributed by atoms with Gasteiger partial charge in [0, 0.05) is 6.54 Å². The summed E-state index contributed by atoms with van der Waals surface area (Å²) in [6.45, 7) is 5.58. The number of phenolic OH excluding ortho intramolecular Hbond substituents is 1. The van der Waals surface area contributed by atoms with Crippen molar-refractivity contribution in [2.75, 3.05) is 19.6 Å². The molecule has 118 valence electrons. The minimum absolute atomic E-state index is 0.364. The third-order valence-electron chi connectivity index (χ3n) is 3.95. The topological polar surface area (TPSA) is 23.5 Å². The lowest BCUT2D eigenvalue weighted by Crippen LogP contribution is -2.28. The van der Waals surface area contributed by atoms with E-state index in [2.05, 4.69) is 48.2 Å². The average Bonchev–Trinajstić information content (AvgIpc) is 2.54. The molecule has 0 unspecified atom stereocenters. The van der Waals surface area contributed by atoms with Gasteiger partial charge in [-0.05, 0) is 62.0 Å². The minimum atomic E-state index is 0.364. The summed E-state index contributed by atoms with van der Waals surface area (Å²) < 4.78 is 0. The molecule has 2 heteroatoms. The van der Waals surface area contributed by atoms with Gasteiger partial charge >= 0.3 is 0 Å². The summed E-state index contributed by atoms with van der Waals surface area (Å²) >= 11 is 0. The number of rotatable bonds is 9. The Balaban J connectivity index is 1.77. The second-order valence-electron chi connectivity index (χ2n) is 5.85. The van der Waals surface area contributed by atoms with Gasteiger partial charge in [-0.3, -0.25) is 0 Å². The van der Waals surface area contributed by atoms with E-state index in [1.54, 1.807) is 6.07 Å². The van der Waals surface area contributed by atoms with Crippen molar-refractivity contribution in [2.24, 2.45) is 0 Å². The van der Waals surface area contributed by atoms with Crippen LogP contribution in [0, 0.1) is 0 Å². The van der Waals surface area contributed by atoms with E-state index >= 15 is 0 Å². The predicted molar refractivity (Wildman–Crippen MR) is 93.3 cm³/mol. The van der Waals surface area contributed by atoms with Gasteiger partial charge in [0.2, 0.25) is 0 Å². The second-order valence-corrected chi connectivity index (χ2v) is 5.85. The highest BCUT2D eigenvalue weighted by atomic mass is 16.3. The Labute approximate surface area is 134 Å². The molecule has 0 aliphatic rings. The quantitative estimate of drug-likeness (QED) is 0.747. The summed E-state index contributed by atoms with van der Waals surface area (Å²) in [5.41, 5.74) is 2.64.